The van der Waals surface area contributed by atoms with E-state index >= 15 is 0 Å². The predicted octanol–water partition coefficient (Wildman–Crippen LogP) is 5.23. The minimum absolute atomic E-state index is 0.0499. The minimum atomic E-state index is -0.151. The van der Waals surface area contributed by atoms with Crippen LogP contribution in [0.15, 0.2) is 72.1 Å². The lowest BCUT2D eigenvalue weighted by atomic mass is 10.1. The molecule has 0 aliphatic carbocycles. The Hall–Kier alpha value is -3.12. The summed E-state index contributed by atoms with van der Waals surface area (Å²) in [6.07, 6.45) is 1.78. The summed E-state index contributed by atoms with van der Waals surface area (Å²) in [5.41, 5.74) is 1.60. The third-order valence-electron chi connectivity index (χ3n) is 5.21. The summed E-state index contributed by atoms with van der Waals surface area (Å²) in [5.74, 6) is 0.414. The van der Waals surface area contributed by atoms with Crippen molar-refractivity contribution in [1.82, 2.24) is 9.80 Å². The second-order valence-corrected chi connectivity index (χ2v) is 8.66. The van der Waals surface area contributed by atoms with Crippen molar-refractivity contribution in [2.45, 2.75) is 32.9 Å². The number of ether oxygens (including phenoxy) is 1. The molecule has 0 fully saturated rings. The molecular formula is C26H30N2O3S. The van der Waals surface area contributed by atoms with Gasteiger partial charge in [0.05, 0.1) is 13.7 Å². The van der Waals surface area contributed by atoms with Crippen LogP contribution in [0.2, 0.25) is 0 Å². The molecule has 0 radical (unpaired) electrons. The van der Waals surface area contributed by atoms with Gasteiger partial charge in [0.25, 0.3) is 5.91 Å². The number of carbonyl (C=O) groups excluding carboxylic acids is 2. The van der Waals surface area contributed by atoms with E-state index in [0.29, 0.717) is 30.9 Å². The molecule has 0 spiro atoms. The zero-order valence-corrected chi connectivity index (χ0v) is 19.5. The van der Waals surface area contributed by atoms with E-state index in [9.17, 15) is 9.59 Å². The molecule has 0 aliphatic heterocycles. The molecule has 0 atom stereocenters. The van der Waals surface area contributed by atoms with Crippen LogP contribution in [0.1, 0.15) is 40.6 Å². The Bertz CT molecular complexity index is 989. The van der Waals surface area contributed by atoms with E-state index in [2.05, 4.69) is 6.92 Å². The quantitative estimate of drug-likeness (QED) is 0.402. The second-order valence-electron chi connectivity index (χ2n) is 7.63. The van der Waals surface area contributed by atoms with Crippen LogP contribution in [0.5, 0.6) is 5.75 Å². The minimum Gasteiger partial charge on any atom is -0.497 e. The van der Waals surface area contributed by atoms with Gasteiger partial charge in [-0.15, -0.1) is 11.3 Å². The lowest BCUT2D eigenvalue weighted by Crippen LogP contribution is -2.42. The molecule has 0 saturated heterocycles. The lowest BCUT2D eigenvalue weighted by molar-refractivity contribution is -0.133. The van der Waals surface area contributed by atoms with Crippen molar-refractivity contribution in [3.8, 4) is 5.75 Å². The monoisotopic (exact) mass is 450 g/mol. The molecule has 0 saturated carbocycles. The molecule has 3 aromatic rings. The number of hydrogen-bond donors (Lipinski definition) is 0. The van der Waals surface area contributed by atoms with Gasteiger partial charge in [0.2, 0.25) is 5.91 Å². The van der Waals surface area contributed by atoms with Gasteiger partial charge >= 0.3 is 0 Å². The average Bonchev–Trinajstić information content (AvgIpc) is 3.34. The highest BCUT2D eigenvalue weighted by Gasteiger charge is 2.23. The molecule has 0 N–H and O–H groups in total. The number of nitrogens with zero attached hydrogens (tertiary/aromatic N) is 2. The summed E-state index contributed by atoms with van der Waals surface area (Å²) < 4.78 is 5.27. The fourth-order valence-electron chi connectivity index (χ4n) is 3.43. The summed E-state index contributed by atoms with van der Waals surface area (Å²) >= 11 is 1.63. The molecule has 0 bridgehead atoms. The maximum atomic E-state index is 13.4. The van der Waals surface area contributed by atoms with E-state index in [4.69, 9.17) is 4.74 Å². The fourth-order valence-corrected chi connectivity index (χ4v) is 4.15. The molecular weight excluding hydrogens is 420 g/mol. The van der Waals surface area contributed by atoms with Gasteiger partial charge in [0.1, 0.15) is 12.3 Å². The SMILES string of the molecule is CCCCN(CC(=O)N(Cc1ccccc1)Cc1cccs1)C(=O)c1cccc(OC)c1. The van der Waals surface area contributed by atoms with Crippen LogP contribution in [0.25, 0.3) is 0 Å². The first-order valence-corrected chi connectivity index (χ1v) is 11.8. The summed E-state index contributed by atoms with van der Waals surface area (Å²) in [6, 6.07) is 21.1. The van der Waals surface area contributed by atoms with Crippen LogP contribution in [0.4, 0.5) is 0 Å². The highest BCUT2D eigenvalue weighted by atomic mass is 32.1. The number of hydrogen-bond acceptors (Lipinski definition) is 4. The summed E-state index contributed by atoms with van der Waals surface area (Å²) in [5, 5.41) is 2.01. The van der Waals surface area contributed by atoms with E-state index in [-0.39, 0.29) is 18.4 Å². The van der Waals surface area contributed by atoms with Crippen molar-refractivity contribution >= 4 is 23.2 Å². The number of methoxy groups -OCH3 is 1. The van der Waals surface area contributed by atoms with Crippen LogP contribution in [0.3, 0.4) is 0 Å². The van der Waals surface area contributed by atoms with Crippen molar-refractivity contribution in [1.29, 1.82) is 0 Å². The number of carbonyl (C=O) groups is 2. The second kappa shape index (κ2) is 12.1. The Kier molecular flexibility index (Phi) is 8.87. The van der Waals surface area contributed by atoms with Crippen LogP contribution in [-0.2, 0) is 17.9 Å². The van der Waals surface area contributed by atoms with Gasteiger partial charge in [0, 0.05) is 23.5 Å². The molecule has 5 nitrogen and oxygen atoms in total. The third kappa shape index (κ3) is 6.69. The van der Waals surface area contributed by atoms with Crippen molar-refractivity contribution in [3.63, 3.8) is 0 Å². The number of unbranched alkanes of at least 4 members (excludes halogenated alkanes) is 1. The molecule has 168 valence electrons. The van der Waals surface area contributed by atoms with Crippen LogP contribution >= 0.6 is 11.3 Å². The molecule has 0 unspecified atom stereocenters. The van der Waals surface area contributed by atoms with Crippen LogP contribution < -0.4 is 4.74 Å². The van der Waals surface area contributed by atoms with Gasteiger partial charge in [0.15, 0.2) is 0 Å². The maximum absolute atomic E-state index is 13.4. The van der Waals surface area contributed by atoms with Crippen molar-refractivity contribution in [2.75, 3.05) is 20.2 Å². The first-order valence-electron chi connectivity index (χ1n) is 10.9. The Morgan fingerprint density at radius 3 is 2.44 bits per heavy atom. The normalized spacial score (nSPS) is 10.6. The maximum Gasteiger partial charge on any atom is 0.254 e. The largest absolute Gasteiger partial charge is 0.497 e. The average molecular weight is 451 g/mol. The molecule has 2 amide bonds. The van der Waals surface area contributed by atoms with E-state index < -0.39 is 0 Å². The molecule has 2 aromatic carbocycles. The Morgan fingerprint density at radius 1 is 0.938 bits per heavy atom. The lowest BCUT2D eigenvalue weighted by Gasteiger charge is -2.28. The van der Waals surface area contributed by atoms with Crippen LogP contribution in [0, 0.1) is 0 Å². The van der Waals surface area contributed by atoms with Crippen molar-refractivity contribution in [3.05, 3.63) is 88.1 Å². The molecule has 1 aromatic heterocycles. The summed E-state index contributed by atoms with van der Waals surface area (Å²) in [6.45, 7) is 3.70. The standard InChI is InChI=1S/C26H30N2O3S/c1-3-4-15-27(26(30)22-12-8-13-23(17-22)31-2)20-25(29)28(19-24-14-9-16-32-24)18-21-10-6-5-7-11-21/h5-14,16-17H,3-4,15,18-20H2,1-2H3. The topological polar surface area (TPSA) is 49.9 Å². The molecule has 32 heavy (non-hydrogen) atoms. The molecule has 0 aliphatic rings. The zero-order chi connectivity index (χ0) is 22.8. The smallest absolute Gasteiger partial charge is 0.254 e. The number of benzene rings is 2. The molecule has 3 rings (SSSR count). The molecule has 1 heterocycles. The third-order valence-corrected chi connectivity index (χ3v) is 6.07. The van der Waals surface area contributed by atoms with Gasteiger partial charge in [-0.2, -0.15) is 0 Å². The summed E-state index contributed by atoms with van der Waals surface area (Å²) in [4.78, 5) is 31.3. The first kappa shape index (κ1) is 23.5. The van der Waals surface area contributed by atoms with Crippen LogP contribution in [-0.4, -0.2) is 41.8 Å². The van der Waals surface area contributed by atoms with E-state index in [1.807, 2.05) is 52.7 Å². The van der Waals surface area contributed by atoms with Gasteiger partial charge in [-0.1, -0.05) is 55.8 Å². The summed E-state index contributed by atoms with van der Waals surface area (Å²) in [7, 11) is 1.58. The number of rotatable bonds is 11. The van der Waals surface area contributed by atoms with Gasteiger partial charge < -0.3 is 14.5 Å². The van der Waals surface area contributed by atoms with Gasteiger partial charge in [-0.25, -0.2) is 0 Å². The van der Waals surface area contributed by atoms with E-state index in [1.165, 1.54) is 0 Å². The van der Waals surface area contributed by atoms with Crippen molar-refractivity contribution in [2.24, 2.45) is 0 Å². The van der Waals surface area contributed by atoms with E-state index in [1.54, 1.807) is 47.6 Å². The van der Waals surface area contributed by atoms with Gasteiger partial charge in [-0.05, 0) is 41.6 Å². The van der Waals surface area contributed by atoms with Crippen molar-refractivity contribution < 1.29 is 14.3 Å². The zero-order valence-electron chi connectivity index (χ0n) is 18.7. The fraction of sp³-hybridized carbons (Fsp3) is 0.308. The Balaban J connectivity index is 1.79. The number of amides is 2. The highest BCUT2D eigenvalue weighted by molar-refractivity contribution is 7.09. The van der Waals surface area contributed by atoms with Gasteiger partial charge in [-0.3, -0.25) is 9.59 Å². The highest BCUT2D eigenvalue weighted by Crippen LogP contribution is 2.18. The Labute approximate surface area is 194 Å². The first-order chi connectivity index (χ1) is 15.6. The predicted molar refractivity (Wildman–Crippen MR) is 129 cm³/mol. The Morgan fingerprint density at radius 2 is 1.75 bits per heavy atom. The number of thiophene rings is 1. The van der Waals surface area contributed by atoms with E-state index in [0.717, 1.165) is 23.3 Å². The molecule has 6 heteroatoms.